The summed E-state index contributed by atoms with van der Waals surface area (Å²) in [5.74, 6) is 5.67. The van der Waals surface area contributed by atoms with Crippen LogP contribution in [0.25, 0.3) is 10.9 Å². The zero-order valence-electron chi connectivity index (χ0n) is 22.7. The number of aryl methyl sites for hydroxylation is 1. The van der Waals surface area contributed by atoms with Crippen LogP contribution < -0.4 is 19.7 Å². The average molecular weight is 523 g/mol. The van der Waals surface area contributed by atoms with E-state index in [-0.39, 0.29) is 0 Å². The van der Waals surface area contributed by atoms with Crippen LogP contribution in [0.4, 0.5) is 17.2 Å². The molecule has 1 N–H and O–H groups in total. The lowest BCUT2D eigenvalue weighted by Crippen LogP contribution is -2.38. The van der Waals surface area contributed by atoms with Gasteiger partial charge in [0.1, 0.15) is 30.3 Å². The van der Waals surface area contributed by atoms with Crippen LogP contribution in [0.3, 0.4) is 0 Å². The molecule has 39 heavy (non-hydrogen) atoms. The van der Waals surface area contributed by atoms with Gasteiger partial charge in [-0.2, -0.15) is 5.10 Å². The van der Waals surface area contributed by atoms with Gasteiger partial charge < -0.3 is 19.7 Å². The van der Waals surface area contributed by atoms with Crippen LogP contribution in [0, 0.1) is 19.3 Å². The van der Waals surface area contributed by atoms with Crippen molar-refractivity contribution in [1.29, 1.82) is 0 Å². The largest absolute Gasteiger partial charge is 0.488 e. The molecule has 0 amide bonds. The number of ether oxygens (including phenoxy) is 2. The number of hydrogen-bond acceptors (Lipinski definition) is 8. The number of allylic oxidation sites excluding steroid dienone is 1. The van der Waals surface area contributed by atoms with Crippen molar-refractivity contribution in [2.75, 3.05) is 29.9 Å². The molecule has 1 saturated heterocycles. The third-order valence-corrected chi connectivity index (χ3v) is 6.87. The first-order valence-electron chi connectivity index (χ1n) is 13.4. The second-order valence-electron chi connectivity index (χ2n) is 9.51. The molecule has 200 valence electrons. The zero-order chi connectivity index (χ0) is 27.2. The number of terminal acetylenes is 1. The molecule has 0 spiro atoms. The molecule has 4 heterocycles. The SMILES string of the molecule is C#CCC.C/C=N\N1C=CC(Oc2ccc(Nc3ncnc4ccc5c(c34)OCC3CCCN53)cc2C)=CC1. The Morgan fingerprint density at radius 2 is 2.15 bits per heavy atom. The fraction of sp³-hybridized carbons (Fsp3) is 0.323. The molecule has 1 fully saturated rings. The molecular weight excluding hydrogens is 488 g/mol. The van der Waals surface area contributed by atoms with Crippen molar-refractivity contribution in [1.82, 2.24) is 15.0 Å². The summed E-state index contributed by atoms with van der Waals surface area (Å²) in [6, 6.07) is 10.7. The Kier molecular flexibility index (Phi) is 7.97. The fourth-order valence-corrected chi connectivity index (χ4v) is 4.97. The van der Waals surface area contributed by atoms with Gasteiger partial charge in [0, 0.05) is 31.1 Å². The van der Waals surface area contributed by atoms with E-state index in [1.54, 1.807) is 12.5 Å². The van der Waals surface area contributed by atoms with Crippen LogP contribution in [0.15, 0.2) is 65.9 Å². The van der Waals surface area contributed by atoms with Gasteiger partial charge in [0.2, 0.25) is 0 Å². The Bertz CT molecular complexity index is 1470. The lowest BCUT2D eigenvalue weighted by Gasteiger charge is -2.34. The molecule has 3 aliphatic heterocycles. The Morgan fingerprint density at radius 1 is 1.28 bits per heavy atom. The quantitative estimate of drug-likeness (QED) is 0.317. The van der Waals surface area contributed by atoms with Crippen LogP contribution >= 0.6 is 0 Å². The maximum Gasteiger partial charge on any atom is 0.155 e. The predicted octanol–water partition coefficient (Wildman–Crippen LogP) is 6.17. The summed E-state index contributed by atoms with van der Waals surface area (Å²) in [5, 5.41) is 10.5. The minimum absolute atomic E-state index is 0.466. The Morgan fingerprint density at radius 3 is 2.90 bits per heavy atom. The van der Waals surface area contributed by atoms with E-state index in [9.17, 15) is 0 Å². The molecule has 3 aliphatic rings. The first-order valence-corrected chi connectivity index (χ1v) is 13.4. The summed E-state index contributed by atoms with van der Waals surface area (Å²) in [5.41, 5.74) is 3.96. The first kappa shape index (κ1) is 26.1. The zero-order valence-corrected chi connectivity index (χ0v) is 22.7. The van der Waals surface area contributed by atoms with Gasteiger partial charge in [-0.15, -0.1) is 12.3 Å². The van der Waals surface area contributed by atoms with Crippen molar-refractivity contribution >= 4 is 34.3 Å². The Labute approximate surface area is 230 Å². The third kappa shape index (κ3) is 5.68. The smallest absolute Gasteiger partial charge is 0.155 e. The molecule has 8 heteroatoms. The lowest BCUT2D eigenvalue weighted by atomic mass is 10.1. The van der Waals surface area contributed by atoms with Gasteiger partial charge in [-0.1, -0.05) is 6.92 Å². The summed E-state index contributed by atoms with van der Waals surface area (Å²) < 4.78 is 12.4. The Balaban J connectivity index is 0.000000723. The van der Waals surface area contributed by atoms with Gasteiger partial charge in [-0.05, 0) is 74.7 Å². The van der Waals surface area contributed by atoms with Gasteiger partial charge in [0.05, 0.1) is 29.2 Å². The molecule has 0 radical (unpaired) electrons. The highest BCUT2D eigenvalue weighted by Crippen LogP contribution is 2.44. The molecular formula is C31H34N6O2. The van der Waals surface area contributed by atoms with Crippen molar-refractivity contribution in [3.05, 3.63) is 66.3 Å². The number of nitrogens with one attached hydrogen (secondary N) is 1. The number of hydrogen-bond donors (Lipinski definition) is 1. The first-order chi connectivity index (χ1) is 19.1. The molecule has 3 aromatic rings. The van der Waals surface area contributed by atoms with Crippen LogP contribution in [-0.2, 0) is 0 Å². The fourth-order valence-electron chi connectivity index (χ4n) is 4.97. The number of hydrazone groups is 1. The lowest BCUT2D eigenvalue weighted by molar-refractivity contribution is 0.275. The highest BCUT2D eigenvalue weighted by molar-refractivity contribution is 6.00. The van der Waals surface area contributed by atoms with Gasteiger partial charge in [0.25, 0.3) is 0 Å². The van der Waals surface area contributed by atoms with Crippen molar-refractivity contribution in [2.45, 2.75) is 46.1 Å². The van der Waals surface area contributed by atoms with E-state index in [2.05, 4.69) is 49.4 Å². The number of aromatic nitrogens is 2. The number of nitrogens with zero attached hydrogens (tertiary/aromatic N) is 5. The van der Waals surface area contributed by atoms with Gasteiger partial charge in [-0.25, -0.2) is 9.97 Å². The van der Waals surface area contributed by atoms with Crippen LogP contribution in [0.1, 0.15) is 38.7 Å². The Hall–Kier alpha value is -4.51. The standard InChI is InChI=1S/C27H28N6O2.C4H6/c1-3-30-32-13-10-21(11-14-32)35-24-9-6-19(15-18(24)2)31-27-25-22(28-17-29-27)7-8-23-26(25)34-16-20-5-4-12-33(20)23;1-3-4-2/h3,6-11,13,15,17,20H,4-5,12,14,16H2,1-2H3,(H,28,29,31);1H,4H2,2H3/b30-3-;. The normalized spacial score (nSPS) is 17.5. The number of fused-ring (bicyclic) bond motifs is 5. The second-order valence-corrected chi connectivity index (χ2v) is 9.51. The molecule has 1 aromatic heterocycles. The van der Waals surface area contributed by atoms with Gasteiger partial charge >= 0.3 is 0 Å². The monoisotopic (exact) mass is 522 g/mol. The summed E-state index contributed by atoms with van der Waals surface area (Å²) in [4.78, 5) is 11.5. The summed E-state index contributed by atoms with van der Waals surface area (Å²) in [6.45, 7) is 8.34. The molecule has 1 unspecified atom stereocenters. The highest BCUT2D eigenvalue weighted by atomic mass is 16.5. The molecule has 8 nitrogen and oxygen atoms in total. The molecule has 1 atom stereocenters. The maximum absolute atomic E-state index is 6.27. The van der Waals surface area contributed by atoms with Gasteiger partial charge in [0.15, 0.2) is 5.75 Å². The van der Waals surface area contributed by atoms with E-state index in [4.69, 9.17) is 15.9 Å². The van der Waals surface area contributed by atoms with Crippen molar-refractivity contribution in [3.63, 3.8) is 0 Å². The minimum atomic E-state index is 0.466. The van der Waals surface area contributed by atoms with Gasteiger partial charge in [-0.3, -0.25) is 5.01 Å². The molecule has 6 rings (SSSR count). The van der Waals surface area contributed by atoms with Crippen molar-refractivity contribution in [3.8, 4) is 23.8 Å². The van der Waals surface area contributed by atoms with Crippen LogP contribution in [0.2, 0.25) is 0 Å². The molecule has 0 bridgehead atoms. The number of benzene rings is 2. The van der Waals surface area contributed by atoms with E-state index >= 15 is 0 Å². The van der Waals surface area contributed by atoms with E-state index in [0.29, 0.717) is 19.2 Å². The van der Waals surface area contributed by atoms with E-state index in [1.165, 1.54) is 12.8 Å². The van der Waals surface area contributed by atoms with E-state index < -0.39 is 0 Å². The highest BCUT2D eigenvalue weighted by Gasteiger charge is 2.33. The predicted molar refractivity (Wildman–Crippen MR) is 158 cm³/mol. The molecule has 0 aliphatic carbocycles. The summed E-state index contributed by atoms with van der Waals surface area (Å²) in [7, 11) is 0. The molecule has 0 saturated carbocycles. The van der Waals surface area contributed by atoms with E-state index in [1.807, 2.05) is 56.3 Å². The average Bonchev–Trinajstić information content (AvgIpc) is 3.45. The van der Waals surface area contributed by atoms with E-state index in [0.717, 1.165) is 63.9 Å². The van der Waals surface area contributed by atoms with Crippen molar-refractivity contribution in [2.24, 2.45) is 5.10 Å². The second kappa shape index (κ2) is 11.9. The summed E-state index contributed by atoms with van der Waals surface area (Å²) in [6.07, 6.45) is 17.2. The van der Waals surface area contributed by atoms with Crippen LogP contribution in [0.5, 0.6) is 11.5 Å². The van der Waals surface area contributed by atoms with Crippen molar-refractivity contribution < 1.29 is 9.47 Å². The topological polar surface area (TPSA) is 75.1 Å². The third-order valence-electron chi connectivity index (χ3n) is 6.87. The number of rotatable bonds is 5. The summed E-state index contributed by atoms with van der Waals surface area (Å²) >= 11 is 0. The van der Waals surface area contributed by atoms with Crippen LogP contribution in [-0.4, -0.2) is 46.9 Å². The minimum Gasteiger partial charge on any atom is -0.488 e. The number of anilines is 3. The molecule has 2 aromatic carbocycles. The maximum atomic E-state index is 6.27.